The van der Waals surface area contributed by atoms with E-state index >= 15 is 0 Å². The molecule has 1 N–H and O–H groups in total. The maximum absolute atomic E-state index is 12.1. The first-order chi connectivity index (χ1) is 9.01. The van der Waals surface area contributed by atoms with Crippen molar-refractivity contribution in [2.45, 2.75) is 0 Å². The lowest BCUT2D eigenvalue weighted by molar-refractivity contribution is 0.102. The van der Waals surface area contributed by atoms with Crippen LogP contribution >= 0.6 is 54.8 Å². The summed E-state index contributed by atoms with van der Waals surface area (Å²) in [4.78, 5) is 12.1. The maximum Gasteiger partial charge on any atom is 0.257 e. The molecule has 0 saturated heterocycles. The number of anilines is 1. The van der Waals surface area contributed by atoms with Gasteiger partial charge in [-0.25, -0.2) is 0 Å². The van der Waals surface area contributed by atoms with Crippen LogP contribution in [0.25, 0.3) is 0 Å². The first-order valence-electron chi connectivity index (χ1n) is 4.97. The van der Waals surface area contributed by atoms with E-state index in [4.69, 9.17) is 16.9 Å². The fraction of sp³-hybridized carbons (Fsp3) is 0. The number of nitriles is 1. The van der Waals surface area contributed by atoms with Crippen LogP contribution in [0.4, 0.5) is 5.69 Å². The molecule has 19 heavy (non-hydrogen) atoms. The molecule has 3 nitrogen and oxygen atoms in total. The van der Waals surface area contributed by atoms with Gasteiger partial charge in [0, 0.05) is 0 Å². The summed E-state index contributed by atoms with van der Waals surface area (Å²) in [6, 6.07) is 8.42. The van der Waals surface area contributed by atoms with Gasteiger partial charge in [0.1, 0.15) is 0 Å². The molecule has 0 spiro atoms. The van der Waals surface area contributed by atoms with E-state index in [0.29, 0.717) is 21.8 Å². The van der Waals surface area contributed by atoms with Crippen LogP contribution in [0.1, 0.15) is 15.9 Å². The van der Waals surface area contributed by atoms with Crippen LogP contribution in [0.5, 0.6) is 0 Å². The van der Waals surface area contributed by atoms with Crippen LogP contribution in [0.3, 0.4) is 0 Å². The number of thiophene rings is 1. The molecule has 0 aliphatic rings. The summed E-state index contributed by atoms with van der Waals surface area (Å²) < 4.78 is 1.57. The van der Waals surface area contributed by atoms with Crippen molar-refractivity contribution in [3.63, 3.8) is 0 Å². The van der Waals surface area contributed by atoms with Crippen LogP contribution < -0.4 is 5.32 Å². The highest BCUT2D eigenvalue weighted by Gasteiger charge is 2.15. The quantitative estimate of drug-likeness (QED) is 0.739. The number of halogens is 3. The van der Waals surface area contributed by atoms with E-state index in [1.807, 2.05) is 6.07 Å². The Kier molecular flexibility index (Phi) is 4.63. The average Bonchev–Trinajstić information content (AvgIpc) is 2.71. The van der Waals surface area contributed by atoms with Crippen molar-refractivity contribution in [3.8, 4) is 6.07 Å². The van der Waals surface area contributed by atoms with Crippen molar-refractivity contribution in [1.29, 1.82) is 5.26 Å². The van der Waals surface area contributed by atoms with E-state index in [1.54, 1.807) is 18.2 Å². The molecule has 0 bridgehead atoms. The largest absolute Gasteiger partial charge is 0.321 e. The number of nitrogens with zero attached hydrogens (tertiary/aromatic N) is 1. The van der Waals surface area contributed by atoms with Crippen molar-refractivity contribution in [2.75, 3.05) is 5.32 Å². The first-order valence-corrected chi connectivity index (χ1v) is 7.75. The number of carbonyl (C=O) groups excluding carboxylic acids is 1. The molecule has 7 heteroatoms. The number of carbonyl (C=O) groups is 1. The zero-order valence-corrected chi connectivity index (χ0v) is 14.0. The number of rotatable bonds is 2. The van der Waals surface area contributed by atoms with Crippen LogP contribution in [0.2, 0.25) is 5.02 Å². The normalized spacial score (nSPS) is 10.0. The first kappa shape index (κ1) is 14.5. The molecular weight excluding hydrogens is 415 g/mol. The van der Waals surface area contributed by atoms with Crippen molar-refractivity contribution in [3.05, 3.63) is 48.0 Å². The number of hydrogen-bond donors (Lipinski definition) is 1. The SMILES string of the molecule is N#Cc1ccc(Cl)c(NC(=O)c2cc(Br)sc2Br)c1. The molecule has 0 radical (unpaired) electrons. The Morgan fingerprint density at radius 1 is 1.37 bits per heavy atom. The number of benzene rings is 1. The summed E-state index contributed by atoms with van der Waals surface area (Å²) in [5.74, 6) is -0.286. The Labute approximate surface area is 135 Å². The second-order valence-corrected chi connectivity index (χ2v) is 7.65. The minimum Gasteiger partial charge on any atom is -0.321 e. The van der Waals surface area contributed by atoms with Crippen molar-refractivity contribution < 1.29 is 4.79 Å². The van der Waals surface area contributed by atoms with Gasteiger partial charge >= 0.3 is 0 Å². The van der Waals surface area contributed by atoms with Gasteiger partial charge in [0.15, 0.2) is 0 Å². The molecule has 0 fully saturated rings. The summed E-state index contributed by atoms with van der Waals surface area (Å²) in [5.41, 5.74) is 1.36. The van der Waals surface area contributed by atoms with Crippen LogP contribution in [0, 0.1) is 11.3 Å². The highest BCUT2D eigenvalue weighted by molar-refractivity contribution is 9.12. The lowest BCUT2D eigenvalue weighted by Crippen LogP contribution is -2.11. The molecule has 0 atom stereocenters. The topological polar surface area (TPSA) is 52.9 Å². The van der Waals surface area contributed by atoms with Gasteiger partial charge in [-0.1, -0.05) is 11.6 Å². The minimum atomic E-state index is -0.286. The Balaban J connectivity index is 2.29. The molecule has 0 aliphatic heterocycles. The van der Waals surface area contributed by atoms with Crippen molar-refractivity contribution in [2.24, 2.45) is 0 Å². The lowest BCUT2D eigenvalue weighted by Gasteiger charge is -2.06. The zero-order valence-electron chi connectivity index (χ0n) is 9.21. The van der Waals surface area contributed by atoms with Gasteiger partial charge in [-0.2, -0.15) is 5.26 Å². The second kappa shape index (κ2) is 6.06. The van der Waals surface area contributed by atoms with Gasteiger partial charge in [-0.3, -0.25) is 4.79 Å². The molecule has 0 aliphatic carbocycles. The number of amides is 1. The third-order valence-electron chi connectivity index (χ3n) is 2.24. The molecule has 1 aromatic heterocycles. The number of hydrogen-bond acceptors (Lipinski definition) is 3. The van der Waals surface area contributed by atoms with Gasteiger partial charge in [0.05, 0.1) is 35.5 Å². The third-order valence-corrected chi connectivity index (χ3v) is 4.91. The average molecular weight is 421 g/mol. The Bertz CT molecular complexity index is 694. The molecule has 1 aromatic carbocycles. The summed E-state index contributed by atoms with van der Waals surface area (Å²) in [7, 11) is 0. The van der Waals surface area contributed by atoms with Gasteiger partial charge < -0.3 is 5.32 Å². The van der Waals surface area contributed by atoms with Crippen molar-refractivity contribution >= 4 is 66.4 Å². The molecule has 0 saturated carbocycles. The van der Waals surface area contributed by atoms with Gasteiger partial charge in [0.25, 0.3) is 5.91 Å². The molecule has 1 heterocycles. The molecule has 0 unspecified atom stereocenters. The summed E-state index contributed by atoms with van der Waals surface area (Å²) in [6.07, 6.45) is 0. The minimum absolute atomic E-state index is 0.286. The smallest absolute Gasteiger partial charge is 0.257 e. The Morgan fingerprint density at radius 2 is 2.11 bits per heavy atom. The van der Waals surface area contributed by atoms with E-state index in [0.717, 1.165) is 7.57 Å². The monoisotopic (exact) mass is 418 g/mol. The van der Waals surface area contributed by atoms with Crippen molar-refractivity contribution in [1.82, 2.24) is 0 Å². The predicted molar refractivity (Wildman–Crippen MR) is 83.8 cm³/mol. The summed E-state index contributed by atoms with van der Waals surface area (Å²) in [5, 5.41) is 11.9. The molecule has 2 rings (SSSR count). The Morgan fingerprint density at radius 3 is 2.68 bits per heavy atom. The number of nitrogens with one attached hydrogen (secondary N) is 1. The molecule has 2 aromatic rings. The maximum atomic E-state index is 12.1. The third kappa shape index (κ3) is 3.37. The fourth-order valence-corrected chi connectivity index (χ4v) is 4.33. The van der Waals surface area contributed by atoms with Gasteiger partial charge in [0.2, 0.25) is 0 Å². The van der Waals surface area contributed by atoms with Crippen LogP contribution in [-0.2, 0) is 0 Å². The van der Waals surface area contributed by atoms with Crippen LogP contribution in [0.15, 0.2) is 31.8 Å². The molecule has 96 valence electrons. The molecular formula is C12H5Br2ClN2OS. The van der Waals surface area contributed by atoms with Gasteiger partial charge in [-0.05, 0) is 56.1 Å². The van der Waals surface area contributed by atoms with E-state index < -0.39 is 0 Å². The zero-order chi connectivity index (χ0) is 14.0. The van der Waals surface area contributed by atoms with E-state index in [-0.39, 0.29) is 5.91 Å². The highest BCUT2D eigenvalue weighted by atomic mass is 79.9. The summed E-state index contributed by atoms with van der Waals surface area (Å²) in [6.45, 7) is 0. The van der Waals surface area contributed by atoms with E-state index in [2.05, 4.69) is 37.2 Å². The standard InChI is InChI=1S/C12H5Br2ClN2OS/c13-10-4-7(11(14)19-10)12(18)17-9-3-6(5-16)1-2-8(9)15/h1-4H,(H,17,18). The van der Waals surface area contributed by atoms with E-state index in [1.165, 1.54) is 17.4 Å². The highest BCUT2D eigenvalue weighted by Crippen LogP contribution is 2.33. The Hall–Kier alpha value is -0.870. The van der Waals surface area contributed by atoms with Gasteiger partial charge in [-0.15, -0.1) is 11.3 Å². The molecule has 1 amide bonds. The second-order valence-electron chi connectivity index (χ2n) is 3.50. The van der Waals surface area contributed by atoms with Crippen LogP contribution in [-0.4, -0.2) is 5.91 Å². The summed E-state index contributed by atoms with van der Waals surface area (Å²) >= 11 is 14.0. The van der Waals surface area contributed by atoms with E-state index in [9.17, 15) is 4.79 Å². The predicted octanol–water partition coefficient (Wildman–Crippen LogP) is 5.05. The fourth-order valence-electron chi connectivity index (χ4n) is 1.38. The lowest BCUT2D eigenvalue weighted by atomic mass is 10.2.